The van der Waals surface area contributed by atoms with Crippen molar-refractivity contribution in [3.63, 3.8) is 0 Å². The number of anilines is 1. The number of rotatable bonds is 9. The molecule has 0 radical (unpaired) electrons. The molecule has 0 saturated heterocycles. The van der Waals surface area contributed by atoms with E-state index in [0.717, 1.165) is 22.3 Å². The quantitative estimate of drug-likeness (QED) is 0.310. The van der Waals surface area contributed by atoms with Crippen molar-refractivity contribution < 1.29 is 18.3 Å². The first-order valence-electron chi connectivity index (χ1n) is 12.2. The summed E-state index contributed by atoms with van der Waals surface area (Å²) in [5.74, 6) is 0.537. The smallest absolute Gasteiger partial charge is 0.263 e. The topological polar surface area (TPSA) is 93.4 Å². The molecule has 0 unspecified atom stereocenters. The molecule has 0 spiro atoms. The van der Waals surface area contributed by atoms with Crippen LogP contribution >= 0.6 is 0 Å². The fourth-order valence-corrected chi connectivity index (χ4v) is 5.03. The number of ether oxygens (including phenoxy) is 1. The average Bonchev–Trinajstić information content (AvgIpc) is 3.19. The molecular formula is C29H33N3O4S. The molecule has 0 fully saturated rings. The molecule has 0 atom stereocenters. The minimum absolute atomic E-state index is 0.0294. The standard InChI is InChI=1S/C29H33N3O4S/c1-21-10-12-23(13-11-21)26-27(31-37(34,35)25-16-14-24(15-17-25)29(2,3)4)32(30-28(26)36-19-18-33)20-22-8-6-5-7-9-22/h5-17,31,33H,18-20H2,1-4H3. The van der Waals surface area contributed by atoms with E-state index in [1.807, 2.05) is 73.7 Å². The van der Waals surface area contributed by atoms with Gasteiger partial charge in [-0.25, -0.2) is 13.1 Å². The molecule has 1 aromatic heterocycles. The van der Waals surface area contributed by atoms with Crippen LogP contribution in [0.2, 0.25) is 0 Å². The summed E-state index contributed by atoms with van der Waals surface area (Å²) in [6.07, 6.45) is 0. The van der Waals surface area contributed by atoms with Gasteiger partial charge < -0.3 is 9.84 Å². The second-order valence-electron chi connectivity index (χ2n) is 9.99. The maximum absolute atomic E-state index is 13.6. The van der Waals surface area contributed by atoms with Gasteiger partial charge in [0.05, 0.1) is 23.6 Å². The molecule has 0 aliphatic rings. The van der Waals surface area contributed by atoms with Gasteiger partial charge in [0.15, 0.2) is 0 Å². The second-order valence-corrected chi connectivity index (χ2v) is 11.7. The zero-order valence-electron chi connectivity index (χ0n) is 21.6. The van der Waals surface area contributed by atoms with Crippen molar-refractivity contribution in [2.24, 2.45) is 0 Å². The molecule has 4 aromatic rings. The van der Waals surface area contributed by atoms with Crippen molar-refractivity contribution >= 4 is 15.8 Å². The highest BCUT2D eigenvalue weighted by Gasteiger charge is 2.26. The van der Waals surface area contributed by atoms with Crippen LogP contribution in [0.5, 0.6) is 5.88 Å². The summed E-state index contributed by atoms with van der Waals surface area (Å²) in [6.45, 7) is 8.39. The van der Waals surface area contributed by atoms with Crippen LogP contribution in [0.25, 0.3) is 11.1 Å². The van der Waals surface area contributed by atoms with Crippen molar-refractivity contribution in [3.8, 4) is 17.0 Å². The molecule has 37 heavy (non-hydrogen) atoms. The van der Waals surface area contributed by atoms with E-state index in [4.69, 9.17) is 4.74 Å². The van der Waals surface area contributed by atoms with Crippen molar-refractivity contribution in [2.75, 3.05) is 17.9 Å². The molecule has 2 N–H and O–H groups in total. The normalized spacial score (nSPS) is 11.9. The van der Waals surface area contributed by atoms with Crippen molar-refractivity contribution in [1.29, 1.82) is 0 Å². The zero-order chi connectivity index (χ0) is 26.6. The number of hydrogen-bond acceptors (Lipinski definition) is 5. The van der Waals surface area contributed by atoms with Crippen molar-refractivity contribution in [3.05, 3.63) is 95.6 Å². The highest BCUT2D eigenvalue weighted by Crippen LogP contribution is 2.38. The van der Waals surface area contributed by atoms with Gasteiger partial charge in [0.1, 0.15) is 12.4 Å². The Hall–Kier alpha value is -3.62. The molecule has 194 valence electrons. The highest BCUT2D eigenvalue weighted by molar-refractivity contribution is 7.92. The molecule has 0 aliphatic heterocycles. The number of aryl methyl sites for hydroxylation is 1. The number of sulfonamides is 1. The molecule has 0 amide bonds. The second kappa shape index (κ2) is 10.8. The van der Waals surface area contributed by atoms with Gasteiger partial charge in [0.25, 0.3) is 10.0 Å². The maximum atomic E-state index is 13.6. The van der Waals surface area contributed by atoms with Crippen LogP contribution in [-0.4, -0.2) is 36.5 Å². The number of aromatic nitrogens is 2. The Morgan fingerprint density at radius 2 is 1.59 bits per heavy atom. The number of nitrogens with one attached hydrogen (secondary N) is 1. The third-order valence-electron chi connectivity index (χ3n) is 6.03. The fraction of sp³-hybridized carbons (Fsp3) is 0.276. The van der Waals surface area contributed by atoms with E-state index in [1.165, 1.54) is 0 Å². The van der Waals surface area contributed by atoms with Gasteiger partial charge in [-0.3, -0.25) is 4.72 Å². The molecule has 0 saturated carbocycles. The van der Waals surface area contributed by atoms with E-state index in [9.17, 15) is 13.5 Å². The molecule has 4 rings (SSSR count). The van der Waals surface area contributed by atoms with E-state index >= 15 is 0 Å². The summed E-state index contributed by atoms with van der Waals surface area (Å²) in [4.78, 5) is 0.153. The van der Waals surface area contributed by atoms with E-state index in [0.29, 0.717) is 17.9 Å². The van der Waals surface area contributed by atoms with E-state index < -0.39 is 10.0 Å². The lowest BCUT2D eigenvalue weighted by Gasteiger charge is -2.19. The SMILES string of the molecule is Cc1ccc(-c2c(OCCO)nn(Cc3ccccc3)c2NS(=O)(=O)c2ccc(C(C)(C)C)cc2)cc1. The average molecular weight is 520 g/mol. The summed E-state index contributed by atoms with van der Waals surface area (Å²) in [6, 6.07) is 24.3. The fourth-order valence-electron chi connectivity index (χ4n) is 3.96. The van der Waals surface area contributed by atoms with Crippen LogP contribution in [0, 0.1) is 6.92 Å². The molecule has 3 aromatic carbocycles. The number of nitrogens with zero attached hydrogens (tertiary/aromatic N) is 2. The number of hydrogen-bond donors (Lipinski definition) is 2. The Morgan fingerprint density at radius 3 is 2.19 bits per heavy atom. The van der Waals surface area contributed by atoms with Crippen LogP contribution in [0.1, 0.15) is 37.5 Å². The summed E-state index contributed by atoms with van der Waals surface area (Å²) in [7, 11) is -3.95. The predicted octanol–water partition coefficient (Wildman–Crippen LogP) is 5.38. The van der Waals surface area contributed by atoms with E-state index in [1.54, 1.807) is 16.8 Å². The first-order valence-corrected chi connectivity index (χ1v) is 13.7. The van der Waals surface area contributed by atoms with Gasteiger partial charge in [0, 0.05) is 0 Å². The first-order chi connectivity index (χ1) is 17.6. The largest absolute Gasteiger partial charge is 0.474 e. The van der Waals surface area contributed by atoms with Crippen LogP contribution < -0.4 is 9.46 Å². The number of aliphatic hydroxyl groups is 1. The van der Waals surface area contributed by atoms with Crippen LogP contribution in [0.3, 0.4) is 0 Å². The molecule has 0 aliphatic carbocycles. The Labute approximate surface area is 218 Å². The minimum atomic E-state index is -3.95. The maximum Gasteiger partial charge on any atom is 0.263 e. The van der Waals surface area contributed by atoms with Crippen LogP contribution in [0.15, 0.2) is 83.8 Å². The van der Waals surface area contributed by atoms with Gasteiger partial charge >= 0.3 is 0 Å². The molecule has 7 nitrogen and oxygen atoms in total. The third-order valence-corrected chi connectivity index (χ3v) is 7.38. The molecule has 0 bridgehead atoms. The number of benzene rings is 3. The van der Waals surface area contributed by atoms with Crippen LogP contribution in [0.4, 0.5) is 5.82 Å². The lowest BCUT2D eigenvalue weighted by molar-refractivity contribution is 0.196. The highest BCUT2D eigenvalue weighted by atomic mass is 32.2. The summed E-state index contributed by atoms with van der Waals surface area (Å²) < 4.78 is 37.4. The van der Waals surface area contributed by atoms with Crippen molar-refractivity contribution in [2.45, 2.75) is 44.6 Å². The Bertz CT molecular complexity index is 1440. The Balaban J connectivity index is 1.83. The number of aliphatic hydroxyl groups excluding tert-OH is 1. The van der Waals surface area contributed by atoms with E-state index in [2.05, 4.69) is 30.6 Å². The van der Waals surface area contributed by atoms with Gasteiger partial charge in [-0.15, -0.1) is 5.10 Å². The van der Waals surface area contributed by atoms with Crippen LogP contribution in [-0.2, 0) is 22.0 Å². The summed E-state index contributed by atoms with van der Waals surface area (Å²) in [5, 5.41) is 14.0. The first kappa shape index (κ1) is 26.4. The zero-order valence-corrected chi connectivity index (χ0v) is 22.4. The predicted molar refractivity (Wildman–Crippen MR) is 146 cm³/mol. The minimum Gasteiger partial charge on any atom is -0.474 e. The summed E-state index contributed by atoms with van der Waals surface area (Å²) in [5.41, 5.74) is 4.23. The van der Waals surface area contributed by atoms with E-state index in [-0.39, 0.29) is 29.4 Å². The Morgan fingerprint density at radius 1 is 0.946 bits per heavy atom. The van der Waals surface area contributed by atoms with Gasteiger partial charge in [-0.05, 0) is 41.2 Å². The third kappa shape index (κ3) is 6.21. The van der Waals surface area contributed by atoms with Gasteiger partial charge in [-0.2, -0.15) is 0 Å². The monoisotopic (exact) mass is 519 g/mol. The Kier molecular flexibility index (Phi) is 7.71. The molecular weight excluding hydrogens is 486 g/mol. The van der Waals surface area contributed by atoms with Crippen molar-refractivity contribution in [1.82, 2.24) is 9.78 Å². The van der Waals surface area contributed by atoms with Gasteiger partial charge in [-0.1, -0.05) is 93.1 Å². The molecule has 8 heteroatoms. The van der Waals surface area contributed by atoms with Gasteiger partial charge in [0.2, 0.25) is 5.88 Å². The molecule has 1 heterocycles. The summed E-state index contributed by atoms with van der Waals surface area (Å²) >= 11 is 0. The lowest BCUT2D eigenvalue weighted by atomic mass is 9.87. The lowest BCUT2D eigenvalue weighted by Crippen LogP contribution is -2.18.